The summed E-state index contributed by atoms with van der Waals surface area (Å²) in [7, 11) is 0. The van der Waals surface area contributed by atoms with E-state index in [1.165, 1.54) is 4.90 Å². The van der Waals surface area contributed by atoms with E-state index >= 15 is 0 Å². The number of piperazine rings is 1. The molecule has 1 aromatic rings. The Morgan fingerprint density at radius 1 is 1.29 bits per heavy atom. The highest BCUT2D eigenvalue weighted by Gasteiger charge is 2.31. The van der Waals surface area contributed by atoms with Gasteiger partial charge in [-0.25, -0.2) is 4.79 Å². The Kier molecular flexibility index (Phi) is 6.12. The van der Waals surface area contributed by atoms with Gasteiger partial charge in [0, 0.05) is 55.0 Å². The molecular weight excluding hydrogens is 326 g/mol. The van der Waals surface area contributed by atoms with E-state index in [9.17, 15) is 9.90 Å². The SMILES string of the molecule is CC1CN(CCN(C(=O)O)c2ccc(Cl)cc2)CCN1C(C)(C)C. The number of halogens is 1. The van der Waals surface area contributed by atoms with Crippen molar-refractivity contribution in [2.24, 2.45) is 0 Å². The summed E-state index contributed by atoms with van der Waals surface area (Å²) in [6.07, 6.45) is -0.932. The van der Waals surface area contributed by atoms with Crippen molar-refractivity contribution in [3.63, 3.8) is 0 Å². The number of anilines is 1. The zero-order chi connectivity index (χ0) is 17.9. The minimum absolute atomic E-state index is 0.169. The molecule has 134 valence electrons. The number of amides is 1. The summed E-state index contributed by atoms with van der Waals surface area (Å²) in [4.78, 5) is 17.8. The second kappa shape index (κ2) is 7.72. The molecular formula is C18H28ClN3O2. The molecule has 0 bridgehead atoms. The van der Waals surface area contributed by atoms with Crippen LogP contribution in [-0.4, -0.2) is 65.3 Å². The first-order valence-electron chi connectivity index (χ1n) is 8.43. The molecule has 1 saturated heterocycles. The molecule has 6 heteroatoms. The number of nitrogens with zero attached hydrogens (tertiary/aromatic N) is 3. The molecule has 0 aromatic heterocycles. The topological polar surface area (TPSA) is 47.0 Å². The molecule has 2 rings (SSSR count). The van der Waals surface area contributed by atoms with Crippen LogP contribution in [0.5, 0.6) is 0 Å². The number of hydrogen-bond donors (Lipinski definition) is 1. The van der Waals surface area contributed by atoms with Crippen LogP contribution in [0.25, 0.3) is 0 Å². The van der Waals surface area contributed by atoms with Crippen molar-refractivity contribution in [3.05, 3.63) is 29.3 Å². The van der Waals surface area contributed by atoms with Crippen molar-refractivity contribution in [1.82, 2.24) is 9.80 Å². The first-order valence-corrected chi connectivity index (χ1v) is 8.81. The molecule has 1 unspecified atom stereocenters. The van der Waals surface area contributed by atoms with Crippen LogP contribution in [0.1, 0.15) is 27.7 Å². The van der Waals surface area contributed by atoms with Crippen LogP contribution in [0.2, 0.25) is 5.02 Å². The molecule has 0 saturated carbocycles. The van der Waals surface area contributed by atoms with Crippen LogP contribution in [-0.2, 0) is 0 Å². The van der Waals surface area contributed by atoms with Gasteiger partial charge in [-0.1, -0.05) is 11.6 Å². The standard InChI is InChI=1S/C18H28ClN3O2/c1-14-13-20(10-12-22(14)18(2,3)4)9-11-21(17(23)24)16-7-5-15(19)6-8-16/h5-8,14H,9-13H2,1-4H3,(H,23,24). The van der Waals surface area contributed by atoms with Crippen LogP contribution in [0.3, 0.4) is 0 Å². The average Bonchev–Trinajstić information content (AvgIpc) is 2.47. The monoisotopic (exact) mass is 353 g/mol. The molecule has 1 aliphatic heterocycles. The first-order chi connectivity index (χ1) is 11.2. The molecule has 1 amide bonds. The molecule has 0 aliphatic carbocycles. The van der Waals surface area contributed by atoms with Crippen molar-refractivity contribution in [2.75, 3.05) is 37.6 Å². The van der Waals surface area contributed by atoms with Crippen molar-refractivity contribution in [1.29, 1.82) is 0 Å². The van der Waals surface area contributed by atoms with Gasteiger partial charge in [-0.2, -0.15) is 0 Å². The lowest BCUT2D eigenvalue weighted by atomic mass is 10.0. The Morgan fingerprint density at radius 3 is 2.42 bits per heavy atom. The lowest BCUT2D eigenvalue weighted by Crippen LogP contribution is -2.58. The average molecular weight is 354 g/mol. The van der Waals surface area contributed by atoms with Crippen molar-refractivity contribution >= 4 is 23.4 Å². The highest BCUT2D eigenvalue weighted by Crippen LogP contribution is 2.22. The third kappa shape index (κ3) is 4.85. The van der Waals surface area contributed by atoms with Gasteiger partial charge in [-0.15, -0.1) is 0 Å². The lowest BCUT2D eigenvalue weighted by molar-refractivity contribution is 0.0192. The summed E-state index contributed by atoms with van der Waals surface area (Å²) < 4.78 is 0. The molecule has 1 aromatic carbocycles. The Balaban J connectivity index is 1.94. The van der Waals surface area contributed by atoms with Crippen LogP contribution < -0.4 is 4.90 Å². The van der Waals surface area contributed by atoms with E-state index in [-0.39, 0.29) is 5.54 Å². The van der Waals surface area contributed by atoms with Crippen molar-refractivity contribution in [2.45, 2.75) is 39.3 Å². The maximum atomic E-state index is 11.6. The largest absolute Gasteiger partial charge is 0.465 e. The maximum Gasteiger partial charge on any atom is 0.411 e. The van der Waals surface area contributed by atoms with E-state index < -0.39 is 6.09 Å². The Labute approximate surface area is 149 Å². The molecule has 1 N–H and O–H groups in total. The quantitative estimate of drug-likeness (QED) is 0.897. The summed E-state index contributed by atoms with van der Waals surface area (Å²) in [5.74, 6) is 0. The van der Waals surface area contributed by atoms with E-state index in [0.717, 1.165) is 26.2 Å². The predicted molar refractivity (Wildman–Crippen MR) is 99.2 cm³/mol. The minimum atomic E-state index is -0.932. The fraction of sp³-hybridized carbons (Fsp3) is 0.611. The summed E-state index contributed by atoms with van der Waals surface area (Å²) in [6, 6.07) is 7.40. The van der Waals surface area contributed by atoms with E-state index in [1.54, 1.807) is 24.3 Å². The second-order valence-corrected chi connectivity index (χ2v) is 7.86. The highest BCUT2D eigenvalue weighted by molar-refractivity contribution is 6.30. The van der Waals surface area contributed by atoms with Gasteiger partial charge in [-0.05, 0) is 52.0 Å². The fourth-order valence-corrected chi connectivity index (χ4v) is 3.56. The zero-order valence-electron chi connectivity index (χ0n) is 15.0. The normalized spacial score (nSPS) is 20.1. The molecule has 0 spiro atoms. The second-order valence-electron chi connectivity index (χ2n) is 7.42. The van der Waals surface area contributed by atoms with Crippen LogP contribution in [0.15, 0.2) is 24.3 Å². The molecule has 1 atom stereocenters. The van der Waals surface area contributed by atoms with Crippen LogP contribution in [0, 0.1) is 0 Å². The maximum absolute atomic E-state index is 11.6. The van der Waals surface area contributed by atoms with Gasteiger partial charge in [0.05, 0.1) is 0 Å². The van der Waals surface area contributed by atoms with Gasteiger partial charge >= 0.3 is 6.09 Å². The Morgan fingerprint density at radius 2 is 1.92 bits per heavy atom. The van der Waals surface area contributed by atoms with E-state index in [4.69, 9.17) is 11.6 Å². The summed E-state index contributed by atoms with van der Waals surface area (Å²) in [6.45, 7) is 13.1. The number of rotatable bonds is 4. The van der Waals surface area contributed by atoms with E-state index in [0.29, 0.717) is 23.3 Å². The third-order valence-corrected chi connectivity index (χ3v) is 4.83. The van der Waals surface area contributed by atoms with Gasteiger partial charge < -0.3 is 5.11 Å². The van der Waals surface area contributed by atoms with Gasteiger partial charge in [0.15, 0.2) is 0 Å². The van der Waals surface area contributed by atoms with Crippen molar-refractivity contribution < 1.29 is 9.90 Å². The Hall–Kier alpha value is -1.30. The molecule has 1 aliphatic rings. The van der Waals surface area contributed by atoms with E-state index in [1.807, 2.05) is 0 Å². The molecule has 24 heavy (non-hydrogen) atoms. The van der Waals surface area contributed by atoms with Gasteiger partial charge in [0.25, 0.3) is 0 Å². The molecule has 0 radical (unpaired) electrons. The van der Waals surface area contributed by atoms with Gasteiger partial charge in [-0.3, -0.25) is 14.7 Å². The fourth-order valence-electron chi connectivity index (χ4n) is 3.43. The summed E-state index contributed by atoms with van der Waals surface area (Å²) in [5, 5.41) is 10.1. The number of carbonyl (C=O) groups is 1. The van der Waals surface area contributed by atoms with Crippen LogP contribution in [0.4, 0.5) is 10.5 Å². The summed E-state index contributed by atoms with van der Waals surface area (Å²) >= 11 is 5.88. The van der Waals surface area contributed by atoms with Gasteiger partial charge in [0.2, 0.25) is 0 Å². The Bertz CT molecular complexity index is 556. The smallest absolute Gasteiger partial charge is 0.411 e. The molecule has 1 fully saturated rings. The number of hydrogen-bond acceptors (Lipinski definition) is 3. The highest BCUT2D eigenvalue weighted by atomic mass is 35.5. The predicted octanol–water partition coefficient (Wildman–Crippen LogP) is 3.63. The number of carboxylic acid groups (broad SMARTS) is 1. The van der Waals surface area contributed by atoms with E-state index in [2.05, 4.69) is 37.5 Å². The lowest BCUT2D eigenvalue weighted by Gasteiger charge is -2.47. The summed E-state index contributed by atoms with van der Waals surface area (Å²) in [5.41, 5.74) is 0.829. The third-order valence-electron chi connectivity index (χ3n) is 4.58. The molecule has 5 nitrogen and oxygen atoms in total. The first kappa shape index (κ1) is 19.0. The minimum Gasteiger partial charge on any atom is -0.465 e. The van der Waals surface area contributed by atoms with Crippen molar-refractivity contribution in [3.8, 4) is 0 Å². The zero-order valence-corrected chi connectivity index (χ0v) is 15.8. The van der Waals surface area contributed by atoms with Crippen LogP contribution >= 0.6 is 11.6 Å². The number of benzene rings is 1. The van der Waals surface area contributed by atoms with Gasteiger partial charge in [0.1, 0.15) is 0 Å². The molecule has 1 heterocycles.